The smallest absolute Gasteiger partial charge is 0.0540 e. The number of hydrogen-bond donors (Lipinski definition) is 1. The molecule has 0 unspecified atom stereocenters. The van der Waals surface area contributed by atoms with Gasteiger partial charge in [-0.15, -0.1) is 0 Å². The van der Waals surface area contributed by atoms with Gasteiger partial charge in [-0.2, -0.15) is 0 Å². The molecule has 17 heavy (non-hydrogen) atoms. The minimum atomic E-state index is -0.0464. The van der Waals surface area contributed by atoms with Crippen LogP contribution in [0.4, 0.5) is 0 Å². The minimum absolute atomic E-state index is 0.0464. The van der Waals surface area contributed by atoms with E-state index in [2.05, 4.69) is 23.0 Å². The number of hydrogen-bond acceptors (Lipinski definition) is 3. The monoisotopic (exact) mass is 234 g/mol. The van der Waals surface area contributed by atoms with Gasteiger partial charge in [-0.3, -0.25) is 4.98 Å². The normalized spacial score (nSPS) is 25.1. The van der Waals surface area contributed by atoms with Crippen molar-refractivity contribution in [3.63, 3.8) is 0 Å². The predicted octanol–water partition coefficient (Wildman–Crippen LogP) is 2.06. The van der Waals surface area contributed by atoms with E-state index in [0.29, 0.717) is 0 Å². The Morgan fingerprint density at radius 1 is 1.35 bits per heavy atom. The Balaban J connectivity index is 1.76. The second kappa shape index (κ2) is 6.12. The van der Waals surface area contributed by atoms with Crippen LogP contribution in [0.15, 0.2) is 24.5 Å². The molecule has 1 heterocycles. The highest BCUT2D eigenvalue weighted by Crippen LogP contribution is 2.24. The highest BCUT2D eigenvalue weighted by molar-refractivity contribution is 5.07. The molecule has 1 aliphatic carbocycles. The summed E-state index contributed by atoms with van der Waals surface area (Å²) in [6.45, 7) is 2.09. The number of aliphatic hydroxyl groups excluding tert-OH is 1. The van der Waals surface area contributed by atoms with E-state index in [1.54, 1.807) is 0 Å². The summed E-state index contributed by atoms with van der Waals surface area (Å²) in [5.74, 6) is 0.750. The zero-order valence-corrected chi connectivity index (χ0v) is 10.5. The molecule has 3 nitrogen and oxygen atoms in total. The van der Waals surface area contributed by atoms with Crippen LogP contribution >= 0.6 is 0 Å². The van der Waals surface area contributed by atoms with Gasteiger partial charge in [-0.1, -0.05) is 6.07 Å². The van der Waals surface area contributed by atoms with Crippen LogP contribution in [0.25, 0.3) is 0 Å². The lowest BCUT2D eigenvalue weighted by Crippen LogP contribution is -2.29. The average Bonchev–Trinajstić information content (AvgIpc) is 2.33. The van der Waals surface area contributed by atoms with Gasteiger partial charge in [0.15, 0.2) is 0 Å². The molecule has 94 valence electrons. The molecule has 0 spiro atoms. The van der Waals surface area contributed by atoms with Gasteiger partial charge in [0.2, 0.25) is 0 Å². The van der Waals surface area contributed by atoms with Crippen LogP contribution in [0.1, 0.15) is 31.2 Å². The predicted molar refractivity (Wildman–Crippen MR) is 68.5 cm³/mol. The van der Waals surface area contributed by atoms with Crippen LogP contribution in [-0.2, 0) is 6.54 Å². The van der Waals surface area contributed by atoms with E-state index in [1.165, 1.54) is 18.4 Å². The van der Waals surface area contributed by atoms with Crippen LogP contribution in [0.3, 0.4) is 0 Å². The average molecular weight is 234 g/mol. The van der Waals surface area contributed by atoms with Crippen LogP contribution in [0.2, 0.25) is 0 Å². The van der Waals surface area contributed by atoms with Crippen molar-refractivity contribution in [1.29, 1.82) is 0 Å². The quantitative estimate of drug-likeness (QED) is 0.866. The van der Waals surface area contributed by atoms with Crippen molar-refractivity contribution in [2.45, 2.75) is 38.3 Å². The third kappa shape index (κ3) is 4.10. The standard InChI is InChI=1S/C14H22N2O/c1-16(11-13-3-2-8-15-9-13)10-12-4-6-14(17)7-5-12/h2-3,8-9,12,14,17H,4-7,10-11H2,1H3. The Hall–Kier alpha value is -0.930. The topological polar surface area (TPSA) is 36.4 Å². The summed E-state index contributed by atoms with van der Waals surface area (Å²) in [4.78, 5) is 6.50. The van der Waals surface area contributed by atoms with Gasteiger partial charge in [0.1, 0.15) is 0 Å². The van der Waals surface area contributed by atoms with E-state index in [1.807, 2.05) is 18.5 Å². The Morgan fingerprint density at radius 3 is 2.76 bits per heavy atom. The van der Waals surface area contributed by atoms with Crippen molar-refractivity contribution < 1.29 is 5.11 Å². The fourth-order valence-corrected chi connectivity index (χ4v) is 2.64. The fourth-order valence-electron chi connectivity index (χ4n) is 2.64. The summed E-state index contributed by atoms with van der Waals surface area (Å²) < 4.78 is 0. The molecule has 0 amide bonds. The van der Waals surface area contributed by atoms with E-state index < -0.39 is 0 Å². The van der Waals surface area contributed by atoms with E-state index in [9.17, 15) is 5.11 Å². The van der Waals surface area contributed by atoms with E-state index in [0.717, 1.165) is 31.8 Å². The van der Waals surface area contributed by atoms with Gasteiger partial charge in [0.05, 0.1) is 6.10 Å². The molecule has 0 aromatic carbocycles. The molecule has 1 aromatic rings. The van der Waals surface area contributed by atoms with E-state index in [-0.39, 0.29) is 6.10 Å². The Kier molecular flexibility index (Phi) is 4.51. The van der Waals surface area contributed by atoms with Gasteiger partial charge >= 0.3 is 0 Å². The van der Waals surface area contributed by atoms with Crippen molar-refractivity contribution >= 4 is 0 Å². The Morgan fingerprint density at radius 2 is 2.12 bits per heavy atom. The van der Waals surface area contributed by atoms with Gasteiger partial charge < -0.3 is 10.0 Å². The highest BCUT2D eigenvalue weighted by Gasteiger charge is 2.20. The molecule has 1 saturated carbocycles. The van der Waals surface area contributed by atoms with Crippen LogP contribution in [-0.4, -0.2) is 34.7 Å². The van der Waals surface area contributed by atoms with E-state index in [4.69, 9.17) is 0 Å². The molecule has 2 rings (SSSR count). The minimum Gasteiger partial charge on any atom is -0.393 e. The SMILES string of the molecule is CN(Cc1cccnc1)CC1CCC(O)CC1. The van der Waals surface area contributed by atoms with Crippen molar-refractivity contribution in [2.24, 2.45) is 5.92 Å². The first-order valence-electron chi connectivity index (χ1n) is 6.49. The lowest BCUT2D eigenvalue weighted by molar-refractivity contribution is 0.0967. The van der Waals surface area contributed by atoms with Crippen LogP contribution in [0, 0.1) is 5.92 Å². The summed E-state index contributed by atoms with van der Waals surface area (Å²) >= 11 is 0. The van der Waals surface area contributed by atoms with Crippen LogP contribution < -0.4 is 0 Å². The molecule has 1 N–H and O–H groups in total. The molecular formula is C14H22N2O. The summed E-state index contributed by atoms with van der Waals surface area (Å²) in [6.07, 6.45) is 7.98. The molecule has 0 bridgehead atoms. The summed E-state index contributed by atoms with van der Waals surface area (Å²) in [5.41, 5.74) is 1.27. The first-order valence-corrected chi connectivity index (χ1v) is 6.49. The molecule has 3 heteroatoms. The molecule has 0 atom stereocenters. The summed E-state index contributed by atoms with van der Waals surface area (Å²) in [7, 11) is 2.16. The van der Waals surface area contributed by atoms with E-state index >= 15 is 0 Å². The molecule has 1 aromatic heterocycles. The number of rotatable bonds is 4. The third-order valence-corrected chi connectivity index (χ3v) is 3.56. The molecular weight excluding hydrogens is 212 g/mol. The molecule has 0 saturated heterocycles. The van der Waals surface area contributed by atoms with Crippen molar-refractivity contribution in [3.8, 4) is 0 Å². The molecule has 1 aliphatic rings. The lowest BCUT2D eigenvalue weighted by Gasteiger charge is -2.29. The zero-order chi connectivity index (χ0) is 12.1. The third-order valence-electron chi connectivity index (χ3n) is 3.56. The molecule has 0 radical (unpaired) electrons. The van der Waals surface area contributed by atoms with Gasteiger partial charge in [0.25, 0.3) is 0 Å². The number of aliphatic hydroxyl groups is 1. The van der Waals surface area contributed by atoms with Gasteiger partial charge in [0, 0.05) is 25.5 Å². The first kappa shape index (κ1) is 12.5. The maximum absolute atomic E-state index is 9.47. The first-order chi connectivity index (χ1) is 8.24. The summed E-state index contributed by atoms with van der Waals surface area (Å²) in [6, 6.07) is 4.11. The zero-order valence-electron chi connectivity index (χ0n) is 10.5. The van der Waals surface area contributed by atoms with Crippen LogP contribution in [0.5, 0.6) is 0 Å². The maximum atomic E-state index is 9.47. The Labute approximate surface area is 103 Å². The fraction of sp³-hybridized carbons (Fsp3) is 0.643. The van der Waals surface area contributed by atoms with Crippen molar-refractivity contribution in [1.82, 2.24) is 9.88 Å². The van der Waals surface area contributed by atoms with Gasteiger partial charge in [-0.05, 0) is 50.3 Å². The maximum Gasteiger partial charge on any atom is 0.0540 e. The second-order valence-electron chi connectivity index (χ2n) is 5.23. The Bertz CT molecular complexity index is 320. The van der Waals surface area contributed by atoms with Crippen molar-refractivity contribution in [2.75, 3.05) is 13.6 Å². The lowest BCUT2D eigenvalue weighted by atomic mass is 9.87. The molecule has 0 aliphatic heterocycles. The molecule has 1 fully saturated rings. The number of nitrogens with zero attached hydrogens (tertiary/aromatic N) is 2. The largest absolute Gasteiger partial charge is 0.393 e. The van der Waals surface area contributed by atoms with Crippen molar-refractivity contribution in [3.05, 3.63) is 30.1 Å². The number of aromatic nitrogens is 1. The van der Waals surface area contributed by atoms with Gasteiger partial charge in [-0.25, -0.2) is 0 Å². The number of pyridine rings is 1. The highest BCUT2D eigenvalue weighted by atomic mass is 16.3. The second-order valence-corrected chi connectivity index (χ2v) is 5.23. The summed E-state index contributed by atoms with van der Waals surface area (Å²) in [5, 5.41) is 9.47.